The molecule has 154 valence electrons. The minimum Gasteiger partial charge on any atom is -0.497 e. The number of ether oxygens (including phenoxy) is 3. The Kier molecular flexibility index (Phi) is 5.80. The number of carboxylic acids is 1. The van der Waals surface area contributed by atoms with Crippen LogP contribution in [0.1, 0.15) is 5.56 Å². The quantitative estimate of drug-likeness (QED) is 0.574. The van der Waals surface area contributed by atoms with Crippen molar-refractivity contribution in [3.8, 4) is 23.0 Å². The highest BCUT2D eigenvalue weighted by Gasteiger charge is 2.49. The zero-order valence-corrected chi connectivity index (χ0v) is 16.6. The summed E-state index contributed by atoms with van der Waals surface area (Å²) in [5.74, 6) is -1.86. The van der Waals surface area contributed by atoms with Gasteiger partial charge in [-0.15, -0.1) is 0 Å². The lowest BCUT2D eigenvalue weighted by molar-refractivity contribution is -0.187. The number of halogens is 6. The third kappa shape index (κ3) is 4.19. The monoisotopic (exact) mass is 468 g/mol. The number of carbonyl (C=O) groups is 1. The minimum atomic E-state index is -4.98. The van der Waals surface area contributed by atoms with E-state index in [0.717, 1.165) is 12.1 Å². The normalized spacial score (nSPS) is 15.8. The molecule has 2 aromatic carbocycles. The maximum Gasteiger partial charge on any atom is 0.430 e. The van der Waals surface area contributed by atoms with Crippen LogP contribution in [0.25, 0.3) is 6.08 Å². The molecular formula is C18H10Cl3F3O5. The first-order valence-corrected chi connectivity index (χ1v) is 8.88. The van der Waals surface area contributed by atoms with Gasteiger partial charge in [-0.05, 0) is 24.3 Å². The van der Waals surface area contributed by atoms with Crippen molar-refractivity contribution in [2.45, 2.75) is 12.3 Å². The van der Waals surface area contributed by atoms with Crippen molar-refractivity contribution in [3.63, 3.8) is 0 Å². The zero-order chi connectivity index (χ0) is 21.5. The molecule has 0 aromatic heterocycles. The number of methoxy groups -OCH3 is 1. The van der Waals surface area contributed by atoms with Crippen LogP contribution in [0.2, 0.25) is 15.1 Å². The molecule has 0 bridgehead atoms. The number of fused-ring (bicyclic) bond motifs is 1. The Labute approximate surface area is 177 Å². The molecule has 5 nitrogen and oxygen atoms in total. The van der Waals surface area contributed by atoms with E-state index < -0.39 is 29.6 Å². The first-order valence-electron chi connectivity index (χ1n) is 7.74. The first-order chi connectivity index (χ1) is 13.5. The predicted octanol–water partition coefficient (Wildman–Crippen LogP) is 6.24. The maximum atomic E-state index is 13.3. The van der Waals surface area contributed by atoms with E-state index >= 15 is 0 Å². The Hall–Kier alpha value is -2.29. The third-order valence-corrected chi connectivity index (χ3v) is 4.75. The number of carboxylic acid groups (broad SMARTS) is 1. The minimum absolute atomic E-state index is 0.0873. The fourth-order valence-corrected chi connectivity index (χ4v) is 3.36. The summed E-state index contributed by atoms with van der Waals surface area (Å²) in [5.41, 5.74) is -1.21. The number of rotatable bonds is 4. The van der Waals surface area contributed by atoms with Gasteiger partial charge in [0.1, 0.15) is 17.2 Å². The van der Waals surface area contributed by atoms with Gasteiger partial charge < -0.3 is 19.3 Å². The van der Waals surface area contributed by atoms with E-state index in [1.807, 2.05) is 0 Å². The molecule has 0 saturated carbocycles. The lowest BCUT2D eigenvalue weighted by atomic mass is 10.0. The molecule has 1 aliphatic heterocycles. The summed E-state index contributed by atoms with van der Waals surface area (Å²) < 4.78 is 55.4. The number of aliphatic carboxylic acids is 1. The van der Waals surface area contributed by atoms with E-state index in [1.165, 1.54) is 25.3 Å². The number of benzene rings is 2. The maximum absolute atomic E-state index is 13.3. The van der Waals surface area contributed by atoms with Crippen LogP contribution in [0.15, 0.2) is 29.8 Å². The second kappa shape index (κ2) is 7.85. The van der Waals surface area contributed by atoms with Gasteiger partial charge in [0.15, 0.2) is 5.75 Å². The smallest absolute Gasteiger partial charge is 0.430 e. The molecule has 0 amide bonds. The van der Waals surface area contributed by atoms with E-state index in [2.05, 4.69) is 0 Å². The second-order valence-electron chi connectivity index (χ2n) is 5.75. The number of hydrogen-bond acceptors (Lipinski definition) is 4. The summed E-state index contributed by atoms with van der Waals surface area (Å²) in [4.78, 5) is 11.4. The van der Waals surface area contributed by atoms with Crippen LogP contribution in [-0.2, 0) is 4.79 Å². The molecule has 29 heavy (non-hydrogen) atoms. The third-order valence-electron chi connectivity index (χ3n) is 3.89. The van der Waals surface area contributed by atoms with Gasteiger partial charge >= 0.3 is 12.1 Å². The molecule has 1 heterocycles. The van der Waals surface area contributed by atoms with Crippen LogP contribution < -0.4 is 14.2 Å². The van der Waals surface area contributed by atoms with E-state index in [1.54, 1.807) is 0 Å². The molecule has 0 fully saturated rings. The van der Waals surface area contributed by atoms with Crippen molar-refractivity contribution in [1.29, 1.82) is 0 Å². The standard InChI is InChI=1S/C18H10Cl3F3O5/c1-27-7-2-3-13(10(19)4-7)28-14-8-5-9(17(25)26)16(18(22,23)24)29-15(8)12(21)6-11(14)20/h2-6,16H,1H3,(H,25,26). The molecule has 1 N–H and O–H groups in total. The molecule has 1 unspecified atom stereocenters. The van der Waals surface area contributed by atoms with Crippen LogP contribution in [0, 0.1) is 0 Å². The van der Waals surface area contributed by atoms with E-state index in [0.29, 0.717) is 5.75 Å². The Morgan fingerprint density at radius 2 is 1.83 bits per heavy atom. The van der Waals surface area contributed by atoms with Crippen LogP contribution in [0.3, 0.4) is 0 Å². The molecule has 1 aliphatic rings. The van der Waals surface area contributed by atoms with Gasteiger partial charge in [-0.3, -0.25) is 0 Å². The van der Waals surface area contributed by atoms with Gasteiger partial charge in [0.05, 0.1) is 33.3 Å². The highest BCUT2D eigenvalue weighted by atomic mass is 35.5. The summed E-state index contributed by atoms with van der Waals surface area (Å²) >= 11 is 18.3. The van der Waals surface area contributed by atoms with Gasteiger partial charge in [-0.1, -0.05) is 34.8 Å². The summed E-state index contributed by atoms with van der Waals surface area (Å²) in [7, 11) is 1.44. The second-order valence-corrected chi connectivity index (χ2v) is 6.98. The van der Waals surface area contributed by atoms with Crippen LogP contribution in [0.5, 0.6) is 23.0 Å². The van der Waals surface area contributed by atoms with E-state index in [-0.39, 0.29) is 32.1 Å². The lowest BCUT2D eigenvalue weighted by Gasteiger charge is -2.28. The SMILES string of the molecule is COc1ccc(Oc2c(Cl)cc(Cl)c3c2C=C(C(=O)O)C(C(F)(F)F)O3)c(Cl)c1. The van der Waals surface area contributed by atoms with Gasteiger partial charge in [-0.25, -0.2) is 4.79 Å². The van der Waals surface area contributed by atoms with Crippen LogP contribution in [0.4, 0.5) is 13.2 Å². The van der Waals surface area contributed by atoms with E-state index in [4.69, 9.17) is 49.0 Å². The molecule has 0 saturated heterocycles. The van der Waals surface area contributed by atoms with Crippen molar-refractivity contribution in [3.05, 3.63) is 50.5 Å². The lowest BCUT2D eigenvalue weighted by Crippen LogP contribution is -2.40. The van der Waals surface area contributed by atoms with Crippen molar-refractivity contribution in [1.82, 2.24) is 0 Å². The van der Waals surface area contributed by atoms with E-state index in [9.17, 15) is 23.1 Å². The van der Waals surface area contributed by atoms with Crippen LogP contribution >= 0.6 is 34.8 Å². The van der Waals surface area contributed by atoms with Gasteiger partial charge in [0, 0.05) is 6.07 Å². The molecule has 3 rings (SSSR count). The Morgan fingerprint density at radius 3 is 2.38 bits per heavy atom. The van der Waals surface area contributed by atoms with Gasteiger partial charge in [0.25, 0.3) is 0 Å². The summed E-state index contributed by atoms with van der Waals surface area (Å²) in [6, 6.07) is 5.55. The molecular weight excluding hydrogens is 460 g/mol. The first kappa shape index (κ1) is 21.4. The topological polar surface area (TPSA) is 65.0 Å². The molecule has 0 radical (unpaired) electrons. The number of hydrogen-bond donors (Lipinski definition) is 1. The summed E-state index contributed by atoms with van der Waals surface area (Å²) in [5, 5.41) is 9.02. The fourth-order valence-electron chi connectivity index (χ4n) is 2.59. The highest BCUT2D eigenvalue weighted by molar-refractivity contribution is 6.37. The van der Waals surface area contributed by atoms with Crippen molar-refractivity contribution < 1.29 is 37.3 Å². The van der Waals surface area contributed by atoms with Crippen LogP contribution in [-0.4, -0.2) is 30.5 Å². The molecule has 11 heteroatoms. The van der Waals surface area contributed by atoms with Gasteiger partial charge in [0.2, 0.25) is 6.10 Å². The van der Waals surface area contributed by atoms with Crippen molar-refractivity contribution in [2.75, 3.05) is 7.11 Å². The fraction of sp³-hybridized carbons (Fsp3) is 0.167. The average molecular weight is 470 g/mol. The predicted molar refractivity (Wildman–Crippen MR) is 101 cm³/mol. The Bertz CT molecular complexity index is 1020. The Balaban J connectivity index is 2.16. The largest absolute Gasteiger partial charge is 0.497 e. The van der Waals surface area contributed by atoms with Crippen molar-refractivity contribution in [2.24, 2.45) is 0 Å². The zero-order valence-electron chi connectivity index (χ0n) is 14.3. The summed E-state index contributed by atoms with van der Waals surface area (Å²) in [6.07, 6.45) is -6.92. The number of alkyl halides is 3. The molecule has 0 spiro atoms. The summed E-state index contributed by atoms with van der Waals surface area (Å²) in [6.45, 7) is 0. The molecule has 2 aromatic rings. The average Bonchev–Trinajstić information content (AvgIpc) is 2.64. The van der Waals surface area contributed by atoms with Crippen molar-refractivity contribution >= 4 is 46.8 Å². The highest BCUT2D eigenvalue weighted by Crippen LogP contribution is 2.49. The molecule has 1 atom stereocenters. The van der Waals surface area contributed by atoms with Gasteiger partial charge in [-0.2, -0.15) is 13.2 Å². The molecule has 0 aliphatic carbocycles. The Morgan fingerprint density at radius 1 is 1.14 bits per heavy atom.